The number of rotatable bonds is 4. The van der Waals surface area contributed by atoms with Crippen LogP contribution in [-0.2, 0) is 23.7 Å². The van der Waals surface area contributed by atoms with Crippen LogP contribution in [0.3, 0.4) is 0 Å². The highest BCUT2D eigenvalue weighted by atomic mass is 127. The van der Waals surface area contributed by atoms with E-state index in [9.17, 15) is 0 Å². The van der Waals surface area contributed by atoms with E-state index in [1.54, 1.807) is 11.1 Å². The van der Waals surface area contributed by atoms with E-state index in [1.165, 1.54) is 24.0 Å². The van der Waals surface area contributed by atoms with E-state index in [0.29, 0.717) is 0 Å². The molecule has 1 heteroatoms. The highest BCUT2D eigenvalue weighted by molar-refractivity contribution is 14.1. The van der Waals surface area contributed by atoms with Gasteiger partial charge in [-0.2, -0.15) is 0 Å². The van der Waals surface area contributed by atoms with Crippen molar-refractivity contribution in [3.05, 3.63) is 34.4 Å². The molecule has 1 aromatic carbocycles. The van der Waals surface area contributed by atoms with Crippen LogP contribution >= 0.6 is 22.6 Å². The molecule has 0 aliphatic heterocycles. The van der Waals surface area contributed by atoms with E-state index in [4.69, 9.17) is 0 Å². The number of halogens is 1. The van der Waals surface area contributed by atoms with Crippen LogP contribution in [0.1, 0.15) is 43.0 Å². The van der Waals surface area contributed by atoms with Crippen molar-refractivity contribution >= 4 is 22.6 Å². The zero-order chi connectivity index (χ0) is 10.6. The number of benzene rings is 1. The Kier molecular flexibility index (Phi) is 4.93. The number of hydrogen-bond donors (Lipinski definition) is 0. The largest absolute Gasteiger partial charge is 0.0812 e. The molecule has 0 heterocycles. The Bertz CT molecular complexity index is 271. The normalized spacial score (nSPS) is 10.6. The van der Waals surface area contributed by atoms with Crippen LogP contribution < -0.4 is 0 Å². The summed E-state index contributed by atoms with van der Waals surface area (Å²) < 4.78 is 1.14. The van der Waals surface area contributed by atoms with Crippen LogP contribution in [-0.4, -0.2) is 0 Å². The van der Waals surface area contributed by atoms with Gasteiger partial charge in [0.2, 0.25) is 0 Å². The summed E-state index contributed by atoms with van der Waals surface area (Å²) in [6.45, 7) is 6.78. The van der Waals surface area contributed by atoms with E-state index in [0.717, 1.165) is 10.8 Å². The fraction of sp³-hybridized carbons (Fsp3) is 0.538. The van der Waals surface area contributed by atoms with Crippen molar-refractivity contribution in [1.82, 2.24) is 0 Å². The number of alkyl halides is 1. The summed E-state index contributed by atoms with van der Waals surface area (Å²) in [5.41, 5.74) is 6.27. The van der Waals surface area contributed by atoms with Crippen LogP contribution in [0.4, 0.5) is 0 Å². The van der Waals surface area contributed by atoms with Gasteiger partial charge in [-0.05, 0) is 41.5 Å². The summed E-state index contributed by atoms with van der Waals surface area (Å²) in [6, 6.07) is 4.62. The maximum atomic E-state index is 2.46. The Morgan fingerprint density at radius 3 is 1.79 bits per heavy atom. The van der Waals surface area contributed by atoms with Gasteiger partial charge < -0.3 is 0 Å². The van der Waals surface area contributed by atoms with Crippen molar-refractivity contribution in [2.24, 2.45) is 0 Å². The molecule has 1 rings (SSSR count). The number of hydrogen-bond acceptors (Lipinski definition) is 0. The first-order valence-electron chi connectivity index (χ1n) is 5.46. The summed E-state index contributed by atoms with van der Waals surface area (Å²) >= 11 is 2.46. The summed E-state index contributed by atoms with van der Waals surface area (Å²) in [5.74, 6) is 0. The topological polar surface area (TPSA) is 0 Å². The minimum absolute atomic E-state index is 1.14. The molecule has 0 bridgehead atoms. The molecule has 0 amide bonds. The smallest absolute Gasteiger partial charge is 0.0249 e. The monoisotopic (exact) mass is 302 g/mol. The Labute approximate surface area is 101 Å². The second-order valence-corrected chi connectivity index (χ2v) is 4.30. The molecule has 0 aromatic heterocycles. The van der Waals surface area contributed by atoms with Gasteiger partial charge in [0, 0.05) is 4.43 Å². The molecular weight excluding hydrogens is 283 g/mol. The van der Waals surface area contributed by atoms with Crippen molar-refractivity contribution < 1.29 is 0 Å². The molecule has 0 aliphatic rings. The van der Waals surface area contributed by atoms with Crippen molar-refractivity contribution in [1.29, 1.82) is 0 Å². The zero-order valence-electron chi connectivity index (χ0n) is 9.36. The average Bonchev–Trinajstić information content (AvgIpc) is 2.26. The molecule has 0 radical (unpaired) electrons. The molecule has 0 aliphatic carbocycles. The summed E-state index contributed by atoms with van der Waals surface area (Å²) in [6.07, 6.45) is 3.52. The van der Waals surface area contributed by atoms with Gasteiger partial charge in [-0.3, -0.25) is 0 Å². The third-order valence-corrected chi connectivity index (χ3v) is 3.68. The maximum absolute atomic E-state index is 2.46. The molecule has 0 atom stereocenters. The van der Waals surface area contributed by atoms with E-state index in [2.05, 4.69) is 55.5 Å². The number of aryl methyl sites for hydroxylation is 1. The Hall–Kier alpha value is -0.0500. The molecule has 0 spiro atoms. The average molecular weight is 302 g/mol. The van der Waals surface area contributed by atoms with E-state index in [1.807, 2.05) is 0 Å². The predicted octanol–water partition coefficient (Wildman–Crippen LogP) is 4.31. The van der Waals surface area contributed by atoms with E-state index < -0.39 is 0 Å². The van der Waals surface area contributed by atoms with Gasteiger partial charge in [0.05, 0.1) is 0 Å². The zero-order valence-corrected chi connectivity index (χ0v) is 11.5. The minimum Gasteiger partial charge on any atom is -0.0812 e. The first-order chi connectivity index (χ1) is 6.78. The van der Waals surface area contributed by atoms with Gasteiger partial charge in [0.15, 0.2) is 0 Å². The van der Waals surface area contributed by atoms with Crippen LogP contribution in [0.5, 0.6) is 0 Å². The van der Waals surface area contributed by atoms with Crippen LogP contribution in [0.15, 0.2) is 12.1 Å². The SMILES string of the molecule is CCc1ccc(CI)c(CC)c1CC. The third kappa shape index (κ3) is 2.30. The Morgan fingerprint density at radius 1 is 0.857 bits per heavy atom. The highest BCUT2D eigenvalue weighted by Gasteiger charge is 2.08. The molecule has 0 saturated carbocycles. The standard InChI is InChI=1S/C13H19I/c1-4-10-7-8-11(9-14)13(6-3)12(10)5-2/h7-8H,4-6,9H2,1-3H3. The van der Waals surface area contributed by atoms with E-state index in [-0.39, 0.29) is 0 Å². The van der Waals surface area contributed by atoms with Gasteiger partial charge >= 0.3 is 0 Å². The maximum Gasteiger partial charge on any atom is 0.0249 e. The van der Waals surface area contributed by atoms with Gasteiger partial charge in [-0.25, -0.2) is 0 Å². The van der Waals surface area contributed by atoms with Crippen molar-refractivity contribution in [2.75, 3.05) is 0 Å². The van der Waals surface area contributed by atoms with Crippen LogP contribution in [0.25, 0.3) is 0 Å². The lowest BCUT2D eigenvalue weighted by molar-refractivity contribution is 0.967. The summed E-state index contributed by atoms with van der Waals surface area (Å²) in [7, 11) is 0. The summed E-state index contributed by atoms with van der Waals surface area (Å²) in [4.78, 5) is 0. The lowest BCUT2D eigenvalue weighted by Crippen LogP contribution is -2.01. The Morgan fingerprint density at radius 2 is 1.36 bits per heavy atom. The van der Waals surface area contributed by atoms with Gasteiger partial charge in [0.25, 0.3) is 0 Å². The second kappa shape index (κ2) is 5.74. The third-order valence-electron chi connectivity index (χ3n) is 2.86. The Balaban J connectivity index is 3.28. The van der Waals surface area contributed by atoms with E-state index >= 15 is 0 Å². The lowest BCUT2D eigenvalue weighted by atomic mass is 9.92. The molecule has 0 fully saturated rings. The first-order valence-corrected chi connectivity index (χ1v) is 6.99. The molecule has 1 aromatic rings. The predicted molar refractivity (Wildman–Crippen MR) is 72.3 cm³/mol. The highest BCUT2D eigenvalue weighted by Crippen LogP contribution is 2.23. The molecule has 0 nitrogen and oxygen atoms in total. The second-order valence-electron chi connectivity index (χ2n) is 3.54. The molecule has 0 N–H and O–H groups in total. The van der Waals surface area contributed by atoms with Crippen molar-refractivity contribution in [3.8, 4) is 0 Å². The fourth-order valence-electron chi connectivity index (χ4n) is 2.13. The van der Waals surface area contributed by atoms with Crippen LogP contribution in [0, 0.1) is 0 Å². The van der Waals surface area contributed by atoms with Gasteiger partial charge in [-0.15, -0.1) is 0 Å². The first kappa shape index (κ1) is 12.0. The quantitative estimate of drug-likeness (QED) is 0.574. The summed E-state index contributed by atoms with van der Waals surface area (Å²) in [5, 5.41) is 0. The molecule has 14 heavy (non-hydrogen) atoms. The molecule has 0 unspecified atom stereocenters. The lowest BCUT2D eigenvalue weighted by Gasteiger charge is -2.15. The van der Waals surface area contributed by atoms with Crippen molar-refractivity contribution in [2.45, 2.75) is 44.5 Å². The van der Waals surface area contributed by atoms with Crippen LogP contribution in [0.2, 0.25) is 0 Å². The molecule has 78 valence electrons. The van der Waals surface area contributed by atoms with Gasteiger partial charge in [-0.1, -0.05) is 55.5 Å². The van der Waals surface area contributed by atoms with Crippen molar-refractivity contribution in [3.63, 3.8) is 0 Å². The van der Waals surface area contributed by atoms with Gasteiger partial charge in [0.1, 0.15) is 0 Å². The fourth-order valence-corrected chi connectivity index (χ4v) is 2.84. The molecular formula is C13H19I. The minimum atomic E-state index is 1.14. The molecule has 0 saturated heterocycles.